The molecule has 0 aromatic rings. The maximum atomic E-state index is 12.7. The zero-order chi connectivity index (χ0) is 23.7. The van der Waals surface area contributed by atoms with Crippen LogP contribution in [-0.2, 0) is 9.47 Å². The van der Waals surface area contributed by atoms with E-state index in [0.717, 1.165) is 64.6 Å². The molecule has 3 aliphatic rings. The third-order valence-electron chi connectivity index (χ3n) is 7.17. The second-order valence-corrected chi connectivity index (χ2v) is 12.2. The van der Waals surface area contributed by atoms with Crippen LogP contribution in [0.1, 0.15) is 93.4 Å². The average molecular weight is 452 g/mol. The molecule has 32 heavy (non-hydrogen) atoms. The first-order chi connectivity index (χ1) is 14.8. The van der Waals surface area contributed by atoms with Gasteiger partial charge in [-0.05, 0) is 86.5 Å². The molecule has 2 amide bonds. The van der Waals surface area contributed by atoms with Crippen molar-refractivity contribution in [3.63, 3.8) is 0 Å². The van der Waals surface area contributed by atoms with Crippen molar-refractivity contribution in [1.29, 1.82) is 0 Å². The largest absolute Gasteiger partial charge is 0.444 e. The van der Waals surface area contributed by atoms with Gasteiger partial charge in [0.15, 0.2) is 0 Å². The number of nitrogens with one attached hydrogen (secondary N) is 1. The minimum absolute atomic E-state index is 0.0799. The molecule has 3 saturated heterocycles. The van der Waals surface area contributed by atoms with Crippen LogP contribution in [0.4, 0.5) is 9.59 Å². The first-order valence-electron chi connectivity index (χ1n) is 12.5. The van der Waals surface area contributed by atoms with Gasteiger partial charge in [0.25, 0.3) is 0 Å². The predicted molar refractivity (Wildman–Crippen MR) is 126 cm³/mol. The lowest BCUT2D eigenvalue weighted by Crippen LogP contribution is -2.56. The summed E-state index contributed by atoms with van der Waals surface area (Å²) in [6, 6.07) is 0.943. The summed E-state index contributed by atoms with van der Waals surface area (Å²) in [6.45, 7) is 16.2. The number of carbonyl (C=O) groups excluding carboxylic acids is 2. The quantitative estimate of drug-likeness (QED) is 0.656. The number of rotatable bonds is 4. The van der Waals surface area contributed by atoms with E-state index in [2.05, 4.69) is 12.2 Å². The van der Waals surface area contributed by atoms with Gasteiger partial charge in [-0.3, -0.25) is 0 Å². The number of carbonyl (C=O) groups is 2. The smallest absolute Gasteiger partial charge is 0.410 e. The third-order valence-corrected chi connectivity index (χ3v) is 7.17. The van der Waals surface area contributed by atoms with Crippen LogP contribution in [0.2, 0.25) is 0 Å². The molecule has 3 aliphatic heterocycles. The van der Waals surface area contributed by atoms with E-state index in [1.165, 1.54) is 0 Å². The molecule has 0 radical (unpaired) electrons. The molecule has 0 saturated carbocycles. The fourth-order valence-corrected chi connectivity index (χ4v) is 5.57. The van der Waals surface area contributed by atoms with E-state index in [0.29, 0.717) is 6.04 Å². The van der Waals surface area contributed by atoms with Gasteiger partial charge in [0.1, 0.15) is 11.2 Å². The molecule has 1 N–H and O–H groups in total. The van der Waals surface area contributed by atoms with Gasteiger partial charge in [0, 0.05) is 43.2 Å². The number of likely N-dealkylation sites (tertiary alicyclic amines) is 1. The van der Waals surface area contributed by atoms with Crippen LogP contribution in [0.5, 0.6) is 0 Å². The summed E-state index contributed by atoms with van der Waals surface area (Å²) in [4.78, 5) is 29.3. The number of ether oxygens (including phenoxy) is 2. The van der Waals surface area contributed by atoms with Crippen LogP contribution in [0.15, 0.2) is 0 Å². The molecule has 7 heteroatoms. The molecule has 3 atom stereocenters. The van der Waals surface area contributed by atoms with E-state index in [9.17, 15) is 9.59 Å². The molecule has 3 heterocycles. The summed E-state index contributed by atoms with van der Waals surface area (Å²) in [5.41, 5.74) is -0.848. The molecule has 0 aromatic carbocycles. The highest BCUT2D eigenvalue weighted by molar-refractivity contribution is 5.70. The Morgan fingerprint density at radius 1 is 0.969 bits per heavy atom. The average Bonchev–Trinajstić information content (AvgIpc) is 2.94. The Balaban J connectivity index is 1.56. The first kappa shape index (κ1) is 25.1. The van der Waals surface area contributed by atoms with E-state index in [1.807, 2.05) is 51.3 Å². The number of nitrogens with zero attached hydrogens (tertiary/aromatic N) is 2. The first-order valence-corrected chi connectivity index (χ1v) is 12.5. The maximum Gasteiger partial charge on any atom is 0.410 e. The summed E-state index contributed by atoms with van der Waals surface area (Å²) < 4.78 is 11.3. The highest BCUT2D eigenvalue weighted by Crippen LogP contribution is 2.38. The lowest BCUT2D eigenvalue weighted by Gasteiger charge is -2.45. The number of hydrogen-bond acceptors (Lipinski definition) is 5. The van der Waals surface area contributed by atoms with Gasteiger partial charge >= 0.3 is 12.2 Å². The van der Waals surface area contributed by atoms with Crippen molar-refractivity contribution in [3.8, 4) is 0 Å². The maximum absolute atomic E-state index is 12.7. The summed E-state index contributed by atoms with van der Waals surface area (Å²) >= 11 is 0. The molecule has 0 spiro atoms. The van der Waals surface area contributed by atoms with Gasteiger partial charge in [-0.15, -0.1) is 0 Å². The summed E-state index contributed by atoms with van der Waals surface area (Å²) in [6.07, 6.45) is 6.89. The molecule has 3 unspecified atom stereocenters. The van der Waals surface area contributed by atoms with Crippen LogP contribution in [0.25, 0.3) is 0 Å². The topological polar surface area (TPSA) is 71.1 Å². The van der Waals surface area contributed by atoms with E-state index in [1.54, 1.807) is 0 Å². The molecule has 184 valence electrons. The Hall–Kier alpha value is -1.50. The highest BCUT2D eigenvalue weighted by atomic mass is 16.6. The number of hydrogen-bond donors (Lipinski definition) is 1. The van der Waals surface area contributed by atoms with Crippen molar-refractivity contribution in [2.24, 2.45) is 5.41 Å². The van der Waals surface area contributed by atoms with Crippen molar-refractivity contribution in [2.45, 2.75) is 123 Å². The van der Waals surface area contributed by atoms with Gasteiger partial charge in [0.2, 0.25) is 0 Å². The van der Waals surface area contributed by atoms with E-state index in [4.69, 9.17) is 9.47 Å². The fraction of sp³-hybridized carbons (Fsp3) is 0.920. The number of fused-ring (bicyclic) bond motifs is 2. The summed E-state index contributed by atoms with van der Waals surface area (Å²) in [5, 5.41) is 3.84. The van der Waals surface area contributed by atoms with Crippen LogP contribution in [-0.4, -0.2) is 70.9 Å². The highest BCUT2D eigenvalue weighted by Gasteiger charge is 2.45. The Morgan fingerprint density at radius 2 is 1.53 bits per heavy atom. The molecule has 3 rings (SSSR count). The molecular formula is C25H45N3O4. The second kappa shape index (κ2) is 9.40. The fourth-order valence-electron chi connectivity index (χ4n) is 5.57. The predicted octanol–water partition coefficient (Wildman–Crippen LogP) is 4.93. The van der Waals surface area contributed by atoms with E-state index < -0.39 is 11.2 Å². The molecule has 0 aromatic heterocycles. The van der Waals surface area contributed by atoms with Crippen LogP contribution in [0, 0.1) is 5.41 Å². The zero-order valence-electron chi connectivity index (χ0n) is 21.3. The van der Waals surface area contributed by atoms with Gasteiger partial charge in [0.05, 0.1) is 0 Å². The van der Waals surface area contributed by atoms with Crippen LogP contribution in [0.3, 0.4) is 0 Å². The third kappa shape index (κ3) is 6.30. The van der Waals surface area contributed by atoms with Crippen molar-refractivity contribution in [3.05, 3.63) is 0 Å². The van der Waals surface area contributed by atoms with Crippen molar-refractivity contribution < 1.29 is 19.1 Å². The molecule has 0 aliphatic carbocycles. The van der Waals surface area contributed by atoms with Gasteiger partial charge in [-0.1, -0.05) is 6.92 Å². The normalized spacial score (nSPS) is 30.9. The molecule has 3 fully saturated rings. The van der Waals surface area contributed by atoms with Gasteiger partial charge in [-0.25, -0.2) is 9.59 Å². The monoisotopic (exact) mass is 451 g/mol. The van der Waals surface area contributed by atoms with Gasteiger partial charge in [-0.2, -0.15) is 0 Å². The Morgan fingerprint density at radius 3 is 2.06 bits per heavy atom. The Kier molecular flexibility index (Phi) is 7.38. The van der Waals surface area contributed by atoms with Crippen molar-refractivity contribution in [1.82, 2.24) is 15.1 Å². The zero-order valence-corrected chi connectivity index (χ0v) is 21.3. The van der Waals surface area contributed by atoms with Crippen LogP contribution >= 0.6 is 0 Å². The lowest BCUT2D eigenvalue weighted by atomic mass is 9.77. The lowest BCUT2D eigenvalue weighted by molar-refractivity contribution is -0.000580. The SMILES string of the molecule is CCC1(CNC2CC3CCC(C2)N3C(=O)OC(C)(C)C)CCCN(C(=O)OC(C)(C)C)C1. The minimum atomic E-state index is -0.469. The number of amides is 2. The van der Waals surface area contributed by atoms with Gasteiger partial charge < -0.3 is 24.6 Å². The number of piperidine rings is 2. The minimum Gasteiger partial charge on any atom is -0.444 e. The Bertz CT molecular complexity index is 670. The second-order valence-electron chi connectivity index (χ2n) is 12.2. The van der Waals surface area contributed by atoms with E-state index in [-0.39, 0.29) is 29.7 Å². The Labute approximate surface area is 194 Å². The van der Waals surface area contributed by atoms with E-state index >= 15 is 0 Å². The van der Waals surface area contributed by atoms with Crippen molar-refractivity contribution >= 4 is 12.2 Å². The summed E-state index contributed by atoms with van der Waals surface area (Å²) in [5.74, 6) is 0. The molecular weight excluding hydrogens is 406 g/mol. The van der Waals surface area contributed by atoms with Crippen LogP contribution < -0.4 is 5.32 Å². The van der Waals surface area contributed by atoms with Crippen molar-refractivity contribution in [2.75, 3.05) is 19.6 Å². The summed E-state index contributed by atoms with van der Waals surface area (Å²) in [7, 11) is 0. The molecule has 2 bridgehead atoms. The molecule has 7 nitrogen and oxygen atoms in total. The standard InChI is InChI=1S/C25H45N3O4/c1-8-25(12-9-13-27(17-25)21(29)31-23(2,3)4)16-26-18-14-19-10-11-20(15-18)28(19)22(30)32-24(5,6)7/h18-20,26H,8-17H2,1-7H3.